The highest BCUT2D eigenvalue weighted by Crippen LogP contribution is 2.25. The lowest BCUT2D eigenvalue weighted by Gasteiger charge is -2.25. The topological polar surface area (TPSA) is 44.6 Å². The van der Waals surface area contributed by atoms with Gasteiger partial charge in [-0.25, -0.2) is 0 Å². The zero-order valence-electron chi connectivity index (χ0n) is 14.1. The van der Waals surface area contributed by atoms with Crippen molar-refractivity contribution >= 4 is 5.84 Å². The van der Waals surface area contributed by atoms with Gasteiger partial charge in [-0.2, -0.15) is 0 Å². The average Bonchev–Trinajstić information content (AvgIpc) is 3.19. The molecule has 3 heteroatoms. The number of nitrogens with zero attached hydrogens (tertiary/aromatic N) is 1. The van der Waals surface area contributed by atoms with E-state index < -0.39 is 0 Å². The maximum atomic E-state index is 9.46. The van der Waals surface area contributed by atoms with Crippen LogP contribution in [-0.2, 0) is 0 Å². The summed E-state index contributed by atoms with van der Waals surface area (Å²) in [6.45, 7) is 1.91. The summed E-state index contributed by atoms with van der Waals surface area (Å²) in [5.41, 5.74) is 2.55. The zero-order chi connectivity index (χ0) is 16.6. The highest BCUT2D eigenvalue weighted by Gasteiger charge is 2.25. The molecule has 0 spiro atoms. The van der Waals surface area contributed by atoms with Gasteiger partial charge in [0.05, 0.1) is 18.5 Å². The predicted molar refractivity (Wildman–Crippen MR) is 100 cm³/mol. The summed E-state index contributed by atoms with van der Waals surface area (Å²) in [6, 6.07) is 20.8. The predicted octanol–water partition coefficient (Wildman–Crippen LogP) is 3.89. The minimum atomic E-state index is -0.0890. The van der Waals surface area contributed by atoms with Gasteiger partial charge in [0, 0.05) is 12.5 Å². The molecule has 24 heavy (non-hydrogen) atoms. The smallest absolute Gasteiger partial charge is 0.0996 e. The molecule has 3 nitrogen and oxygen atoms in total. The number of hydrogen-bond donors (Lipinski definition) is 2. The summed E-state index contributed by atoms with van der Waals surface area (Å²) in [5, 5.41) is 12.7. The number of aliphatic hydroxyl groups excluding tert-OH is 1. The Morgan fingerprint density at radius 1 is 0.875 bits per heavy atom. The molecule has 1 saturated carbocycles. The van der Waals surface area contributed by atoms with Crippen LogP contribution in [0.3, 0.4) is 0 Å². The van der Waals surface area contributed by atoms with Crippen LogP contribution in [-0.4, -0.2) is 30.1 Å². The molecule has 2 aliphatic rings. The van der Waals surface area contributed by atoms with E-state index in [-0.39, 0.29) is 6.10 Å². The number of aliphatic hydroxyl groups is 1. The first-order chi connectivity index (χ1) is 11.8. The van der Waals surface area contributed by atoms with Gasteiger partial charge in [-0.3, -0.25) is 4.99 Å². The van der Waals surface area contributed by atoms with E-state index in [2.05, 4.69) is 58.8 Å². The monoisotopic (exact) mass is 322 g/mol. The fourth-order valence-electron chi connectivity index (χ4n) is 3.36. The van der Waals surface area contributed by atoms with Crippen LogP contribution in [0.1, 0.15) is 25.7 Å². The fraction of sp³-hybridized carbons (Fsp3) is 0.381. The highest BCUT2D eigenvalue weighted by molar-refractivity contribution is 5.86. The van der Waals surface area contributed by atoms with Crippen LogP contribution in [0.25, 0.3) is 11.1 Å². The largest absolute Gasteiger partial charge is 0.393 e. The van der Waals surface area contributed by atoms with E-state index in [1.54, 1.807) is 0 Å². The van der Waals surface area contributed by atoms with Gasteiger partial charge in [-0.15, -0.1) is 0 Å². The molecule has 2 aromatic carbocycles. The minimum Gasteiger partial charge on any atom is -0.393 e. The van der Waals surface area contributed by atoms with Crippen LogP contribution in [0.15, 0.2) is 65.7 Å². The summed E-state index contributed by atoms with van der Waals surface area (Å²) < 4.78 is 0. The van der Waals surface area contributed by atoms with E-state index in [0.717, 1.165) is 38.2 Å². The van der Waals surface area contributed by atoms with E-state index in [4.69, 9.17) is 0 Å². The normalized spacial score (nSPS) is 22.8. The molecular formula is C21H26N2O. The lowest BCUT2D eigenvalue weighted by molar-refractivity contribution is 0.117. The molecule has 0 aromatic heterocycles. The molecule has 126 valence electrons. The number of nitrogens with one attached hydrogen (secondary N) is 1. The lowest BCUT2D eigenvalue weighted by atomic mass is 9.86. The molecule has 1 aliphatic carbocycles. The molecule has 4 rings (SSSR count). The minimum absolute atomic E-state index is 0.0890. The molecular weight excluding hydrogens is 296 g/mol. The Bertz CT molecular complexity index is 602. The standard InChI is InChI=1S/C12H10.C9H16N2O/c1-3-7-11(8-4-1)12-9-5-2-6-10-12;12-8-3-1-2-7(6-8)9-10-4-5-11-9/h1-10H;7-8,12H,1-6H2,(H,10,11). The molecule has 1 aliphatic heterocycles. The van der Waals surface area contributed by atoms with Gasteiger partial charge in [0.2, 0.25) is 0 Å². The zero-order valence-corrected chi connectivity index (χ0v) is 14.1. The average molecular weight is 322 g/mol. The SMILES string of the molecule is OC1CCCC(C2=NCCN2)C1.c1ccc(-c2ccccc2)cc1. The fourth-order valence-corrected chi connectivity index (χ4v) is 3.36. The number of hydrogen-bond acceptors (Lipinski definition) is 3. The Morgan fingerprint density at radius 3 is 2.00 bits per heavy atom. The number of benzene rings is 2. The first-order valence-electron chi connectivity index (χ1n) is 8.89. The van der Waals surface area contributed by atoms with E-state index in [9.17, 15) is 5.11 Å². The molecule has 0 saturated heterocycles. The van der Waals surface area contributed by atoms with Gasteiger partial charge in [0.1, 0.15) is 0 Å². The summed E-state index contributed by atoms with van der Waals surface area (Å²) >= 11 is 0. The van der Waals surface area contributed by atoms with E-state index >= 15 is 0 Å². The second-order valence-corrected chi connectivity index (χ2v) is 6.44. The number of rotatable bonds is 2. The Balaban J connectivity index is 0.000000141. The third-order valence-corrected chi connectivity index (χ3v) is 4.61. The van der Waals surface area contributed by atoms with E-state index in [1.165, 1.54) is 17.5 Å². The van der Waals surface area contributed by atoms with E-state index in [0.29, 0.717) is 5.92 Å². The maximum absolute atomic E-state index is 9.46. The van der Waals surface area contributed by atoms with Crippen molar-refractivity contribution in [3.63, 3.8) is 0 Å². The summed E-state index contributed by atoms with van der Waals surface area (Å²) in [5.74, 6) is 1.66. The molecule has 0 amide bonds. The van der Waals surface area contributed by atoms with Gasteiger partial charge in [0.15, 0.2) is 0 Å². The van der Waals surface area contributed by atoms with Crippen LogP contribution in [0, 0.1) is 5.92 Å². The second-order valence-electron chi connectivity index (χ2n) is 6.44. The van der Waals surface area contributed by atoms with Crippen molar-refractivity contribution in [1.29, 1.82) is 0 Å². The summed E-state index contributed by atoms with van der Waals surface area (Å²) in [4.78, 5) is 4.39. The molecule has 0 bridgehead atoms. The van der Waals surface area contributed by atoms with Gasteiger partial charge >= 0.3 is 0 Å². The molecule has 2 atom stereocenters. The van der Waals surface area contributed by atoms with Crippen molar-refractivity contribution in [2.45, 2.75) is 31.8 Å². The van der Waals surface area contributed by atoms with Crippen molar-refractivity contribution < 1.29 is 5.11 Å². The first-order valence-corrected chi connectivity index (χ1v) is 8.89. The quantitative estimate of drug-likeness (QED) is 0.881. The van der Waals surface area contributed by atoms with Gasteiger partial charge < -0.3 is 10.4 Å². The summed E-state index contributed by atoms with van der Waals surface area (Å²) in [7, 11) is 0. The molecule has 2 N–H and O–H groups in total. The van der Waals surface area contributed by atoms with Crippen LogP contribution >= 0.6 is 0 Å². The first kappa shape index (κ1) is 16.7. The Labute approximate surface area is 144 Å². The maximum Gasteiger partial charge on any atom is 0.0996 e. The third kappa shape index (κ3) is 4.68. The molecule has 2 aromatic rings. The molecule has 1 fully saturated rings. The third-order valence-electron chi connectivity index (χ3n) is 4.61. The highest BCUT2D eigenvalue weighted by atomic mass is 16.3. The Morgan fingerprint density at radius 2 is 1.50 bits per heavy atom. The van der Waals surface area contributed by atoms with E-state index in [1.807, 2.05) is 12.1 Å². The number of aliphatic imine (C=N–C) groups is 1. The van der Waals surface area contributed by atoms with Crippen LogP contribution in [0.4, 0.5) is 0 Å². The van der Waals surface area contributed by atoms with Crippen molar-refractivity contribution in [2.75, 3.05) is 13.1 Å². The van der Waals surface area contributed by atoms with Gasteiger partial charge in [-0.05, 0) is 30.4 Å². The van der Waals surface area contributed by atoms with Crippen molar-refractivity contribution in [3.05, 3.63) is 60.7 Å². The van der Waals surface area contributed by atoms with Crippen molar-refractivity contribution in [1.82, 2.24) is 5.32 Å². The van der Waals surface area contributed by atoms with Crippen LogP contribution in [0.5, 0.6) is 0 Å². The molecule has 2 unspecified atom stereocenters. The Kier molecular flexibility index (Phi) is 6.02. The molecule has 0 radical (unpaired) electrons. The van der Waals surface area contributed by atoms with Gasteiger partial charge in [0.25, 0.3) is 0 Å². The van der Waals surface area contributed by atoms with Crippen molar-refractivity contribution in [2.24, 2.45) is 10.9 Å². The molecule has 1 heterocycles. The van der Waals surface area contributed by atoms with Gasteiger partial charge in [-0.1, -0.05) is 67.1 Å². The lowest BCUT2D eigenvalue weighted by Crippen LogP contribution is -2.32. The Hall–Kier alpha value is -2.13. The number of amidine groups is 1. The second kappa shape index (κ2) is 8.65. The summed E-state index contributed by atoms with van der Waals surface area (Å²) in [6.07, 6.45) is 4.14. The van der Waals surface area contributed by atoms with Crippen molar-refractivity contribution in [3.8, 4) is 11.1 Å². The van der Waals surface area contributed by atoms with Crippen LogP contribution < -0.4 is 5.32 Å². The van der Waals surface area contributed by atoms with Crippen LogP contribution in [0.2, 0.25) is 0 Å².